The second-order valence-electron chi connectivity index (χ2n) is 5.09. The maximum absolute atomic E-state index is 11.8. The number of hydrogen-bond donors (Lipinski definition) is 3. The molecule has 0 saturated heterocycles. The fourth-order valence-corrected chi connectivity index (χ4v) is 2.08. The van der Waals surface area contributed by atoms with E-state index in [-0.39, 0.29) is 6.42 Å². The first kappa shape index (κ1) is 15.7. The molecule has 0 saturated carbocycles. The zero-order valence-electron chi connectivity index (χ0n) is 12.4. The van der Waals surface area contributed by atoms with Gasteiger partial charge in [-0.15, -0.1) is 0 Å². The molecule has 5 nitrogen and oxygen atoms in total. The molecule has 4 N–H and O–H groups in total. The van der Waals surface area contributed by atoms with E-state index in [0.717, 1.165) is 11.1 Å². The van der Waals surface area contributed by atoms with Gasteiger partial charge < -0.3 is 11.1 Å². The van der Waals surface area contributed by atoms with Crippen molar-refractivity contribution in [3.05, 3.63) is 65.7 Å². The molecule has 2 rings (SSSR count). The standard InChI is InChI=1S/C17H19N3O2/c1-12-6-5-9-14(10-12)19-17(22)20-16(21)11-15(18)13-7-3-2-4-8-13/h2-10,15H,11,18H2,1H3,(H2,19,20,21,22)/t15-/m1/s1. The summed E-state index contributed by atoms with van der Waals surface area (Å²) in [6, 6.07) is 15.6. The van der Waals surface area contributed by atoms with Gasteiger partial charge in [0.15, 0.2) is 0 Å². The summed E-state index contributed by atoms with van der Waals surface area (Å²) in [5.41, 5.74) is 8.47. The van der Waals surface area contributed by atoms with Gasteiger partial charge in [0.25, 0.3) is 0 Å². The lowest BCUT2D eigenvalue weighted by molar-refractivity contribution is -0.120. The summed E-state index contributed by atoms with van der Waals surface area (Å²) in [5.74, 6) is -0.415. The minimum Gasteiger partial charge on any atom is -0.324 e. The normalized spacial score (nSPS) is 11.5. The Kier molecular flexibility index (Phi) is 5.27. The van der Waals surface area contributed by atoms with Crippen LogP contribution in [0.3, 0.4) is 0 Å². The summed E-state index contributed by atoms with van der Waals surface area (Å²) in [7, 11) is 0. The van der Waals surface area contributed by atoms with Gasteiger partial charge in [-0.2, -0.15) is 0 Å². The highest BCUT2D eigenvalue weighted by atomic mass is 16.2. The number of hydrogen-bond acceptors (Lipinski definition) is 3. The van der Waals surface area contributed by atoms with E-state index >= 15 is 0 Å². The molecule has 0 heterocycles. The number of nitrogens with one attached hydrogen (secondary N) is 2. The fraction of sp³-hybridized carbons (Fsp3) is 0.176. The predicted molar refractivity (Wildman–Crippen MR) is 86.3 cm³/mol. The Morgan fingerprint density at radius 3 is 2.50 bits per heavy atom. The number of amides is 3. The number of rotatable bonds is 4. The highest BCUT2D eigenvalue weighted by molar-refractivity contribution is 6.01. The van der Waals surface area contributed by atoms with Crippen LogP contribution in [0.25, 0.3) is 0 Å². The molecule has 1 atom stereocenters. The molecule has 114 valence electrons. The second kappa shape index (κ2) is 7.38. The molecular weight excluding hydrogens is 278 g/mol. The number of nitrogens with two attached hydrogens (primary N) is 1. The molecule has 2 aromatic carbocycles. The molecule has 3 amide bonds. The smallest absolute Gasteiger partial charge is 0.324 e. The maximum atomic E-state index is 11.8. The number of anilines is 1. The van der Waals surface area contributed by atoms with Crippen molar-refractivity contribution < 1.29 is 9.59 Å². The van der Waals surface area contributed by atoms with Crippen molar-refractivity contribution >= 4 is 17.6 Å². The Bertz CT molecular complexity index is 656. The van der Waals surface area contributed by atoms with Crippen LogP contribution in [0.15, 0.2) is 54.6 Å². The van der Waals surface area contributed by atoms with Gasteiger partial charge in [-0.1, -0.05) is 42.5 Å². The van der Waals surface area contributed by atoms with Gasteiger partial charge >= 0.3 is 6.03 Å². The van der Waals surface area contributed by atoms with E-state index in [0.29, 0.717) is 5.69 Å². The van der Waals surface area contributed by atoms with Gasteiger partial charge in [0.1, 0.15) is 0 Å². The van der Waals surface area contributed by atoms with Crippen molar-refractivity contribution in [1.82, 2.24) is 5.32 Å². The van der Waals surface area contributed by atoms with Gasteiger partial charge in [0, 0.05) is 18.2 Å². The number of imide groups is 1. The Morgan fingerprint density at radius 2 is 1.82 bits per heavy atom. The van der Waals surface area contributed by atoms with E-state index in [9.17, 15) is 9.59 Å². The van der Waals surface area contributed by atoms with Crippen LogP contribution >= 0.6 is 0 Å². The lowest BCUT2D eigenvalue weighted by atomic mass is 10.0. The van der Waals surface area contributed by atoms with Crippen LogP contribution in [-0.4, -0.2) is 11.9 Å². The van der Waals surface area contributed by atoms with E-state index in [1.165, 1.54) is 0 Å². The summed E-state index contributed by atoms with van der Waals surface area (Å²) in [5, 5.41) is 4.89. The molecule has 2 aromatic rings. The van der Waals surface area contributed by atoms with Crippen molar-refractivity contribution in [2.75, 3.05) is 5.32 Å². The number of carbonyl (C=O) groups excluding carboxylic acids is 2. The largest absolute Gasteiger partial charge is 0.325 e. The minimum absolute atomic E-state index is 0.0469. The zero-order valence-corrected chi connectivity index (χ0v) is 12.4. The quantitative estimate of drug-likeness (QED) is 0.811. The molecule has 0 bridgehead atoms. The Hall–Kier alpha value is -2.66. The molecule has 0 aliphatic heterocycles. The van der Waals surface area contributed by atoms with E-state index in [2.05, 4.69) is 10.6 Å². The third kappa shape index (κ3) is 4.71. The molecule has 0 radical (unpaired) electrons. The Balaban J connectivity index is 1.85. The second-order valence-corrected chi connectivity index (χ2v) is 5.09. The molecule has 0 spiro atoms. The van der Waals surface area contributed by atoms with E-state index in [4.69, 9.17) is 5.73 Å². The molecule has 0 fully saturated rings. The first-order valence-corrected chi connectivity index (χ1v) is 7.02. The summed E-state index contributed by atoms with van der Waals surface area (Å²) in [4.78, 5) is 23.6. The summed E-state index contributed by atoms with van der Waals surface area (Å²) < 4.78 is 0. The van der Waals surface area contributed by atoms with E-state index in [1.807, 2.05) is 55.5 Å². The van der Waals surface area contributed by atoms with Crippen LogP contribution in [0, 0.1) is 6.92 Å². The van der Waals surface area contributed by atoms with Crippen LogP contribution < -0.4 is 16.4 Å². The number of carbonyl (C=O) groups is 2. The minimum atomic E-state index is -0.559. The summed E-state index contributed by atoms with van der Waals surface area (Å²) >= 11 is 0. The number of aryl methyl sites for hydroxylation is 1. The predicted octanol–water partition coefficient (Wildman–Crippen LogP) is 2.73. The third-order valence-electron chi connectivity index (χ3n) is 3.16. The maximum Gasteiger partial charge on any atom is 0.325 e. The van der Waals surface area contributed by atoms with Crippen molar-refractivity contribution in [3.63, 3.8) is 0 Å². The van der Waals surface area contributed by atoms with Crippen molar-refractivity contribution in [2.24, 2.45) is 5.73 Å². The van der Waals surface area contributed by atoms with E-state index < -0.39 is 18.0 Å². The summed E-state index contributed by atoms with van der Waals surface area (Å²) in [6.45, 7) is 1.92. The third-order valence-corrected chi connectivity index (χ3v) is 3.16. The lowest BCUT2D eigenvalue weighted by Crippen LogP contribution is -2.36. The van der Waals surface area contributed by atoms with Gasteiger partial charge in [-0.05, 0) is 30.2 Å². The molecular formula is C17H19N3O2. The first-order valence-electron chi connectivity index (χ1n) is 7.02. The highest BCUT2D eigenvalue weighted by Crippen LogP contribution is 2.13. The van der Waals surface area contributed by atoms with Crippen LogP contribution in [0.1, 0.15) is 23.6 Å². The Morgan fingerprint density at radius 1 is 1.09 bits per heavy atom. The molecule has 0 aliphatic rings. The molecule has 0 aliphatic carbocycles. The number of benzene rings is 2. The first-order chi connectivity index (χ1) is 10.5. The molecule has 0 unspecified atom stereocenters. The molecule has 0 aromatic heterocycles. The van der Waals surface area contributed by atoms with Crippen LogP contribution in [0.5, 0.6) is 0 Å². The average molecular weight is 297 g/mol. The average Bonchev–Trinajstić information content (AvgIpc) is 2.47. The van der Waals surface area contributed by atoms with Gasteiger partial charge in [-0.3, -0.25) is 10.1 Å². The highest BCUT2D eigenvalue weighted by Gasteiger charge is 2.14. The topological polar surface area (TPSA) is 84.2 Å². The Labute approximate surface area is 129 Å². The SMILES string of the molecule is Cc1cccc(NC(=O)NC(=O)C[C@@H](N)c2ccccc2)c1. The van der Waals surface area contributed by atoms with Crippen molar-refractivity contribution in [2.45, 2.75) is 19.4 Å². The molecule has 5 heteroatoms. The number of urea groups is 1. The fourth-order valence-electron chi connectivity index (χ4n) is 2.08. The zero-order chi connectivity index (χ0) is 15.9. The van der Waals surface area contributed by atoms with Crippen LogP contribution in [0.2, 0.25) is 0 Å². The van der Waals surface area contributed by atoms with E-state index in [1.54, 1.807) is 6.07 Å². The van der Waals surface area contributed by atoms with Crippen molar-refractivity contribution in [3.8, 4) is 0 Å². The van der Waals surface area contributed by atoms with Gasteiger partial charge in [0.2, 0.25) is 5.91 Å². The lowest BCUT2D eigenvalue weighted by Gasteiger charge is -2.12. The van der Waals surface area contributed by atoms with Crippen molar-refractivity contribution in [1.29, 1.82) is 0 Å². The monoisotopic (exact) mass is 297 g/mol. The van der Waals surface area contributed by atoms with Crippen LogP contribution in [0.4, 0.5) is 10.5 Å². The van der Waals surface area contributed by atoms with Gasteiger partial charge in [0.05, 0.1) is 0 Å². The summed E-state index contributed by atoms with van der Waals surface area (Å²) in [6.07, 6.45) is 0.0469. The molecule has 22 heavy (non-hydrogen) atoms. The van der Waals surface area contributed by atoms with Crippen LogP contribution in [-0.2, 0) is 4.79 Å². The van der Waals surface area contributed by atoms with Gasteiger partial charge in [-0.25, -0.2) is 4.79 Å².